The maximum atomic E-state index is 12.2. The summed E-state index contributed by atoms with van der Waals surface area (Å²) in [5.74, 6) is 0.174. The first-order valence-corrected chi connectivity index (χ1v) is 11.0. The molecule has 3 rings (SSSR count). The molecule has 0 aliphatic heterocycles. The number of methoxy groups -OCH3 is 1. The number of carbonyl (C=O) groups is 2. The molecule has 6 nitrogen and oxygen atoms in total. The molecular formula is C21H23N3O3S2. The summed E-state index contributed by atoms with van der Waals surface area (Å²) in [6, 6.07) is 11.1. The Bertz CT molecular complexity index is 981. The van der Waals surface area contributed by atoms with E-state index in [1.165, 1.54) is 12.0 Å². The van der Waals surface area contributed by atoms with Gasteiger partial charge in [-0.1, -0.05) is 12.1 Å². The van der Waals surface area contributed by atoms with Crippen LogP contribution in [0.25, 0.3) is 10.6 Å². The van der Waals surface area contributed by atoms with Crippen LogP contribution in [0.15, 0.2) is 41.8 Å². The van der Waals surface area contributed by atoms with Gasteiger partial charge in [-0.05, 0) is 37.6 Å². The van der Waals surface area contributed by atoms with Crippen molar-refractivity contribution < 1.29 is 14.3 Å². The third-order valence-electron chi connectivity index (χ3n) is 4.22. The van der Waals surface area contributed by atoms with Gasteiger partial charge in [-0.25, -0.2) is 4.98 Å². The number of para-hydroxylation sites is 1. The largest absolute Gasteiger partial charge is 0.496 e. The van der Waals surface area contributed by atoms with Gasteiger partial charge in [0.2, 0.25) is 5.91 Å². The van der Waals surface area contributed by atoms with Crippen molar-refractivity contribution in [3.63, 3.8) is 0 Å². The standard InChI is InChI=1S/C21H23N3O3S2/c1-14-24-17(13-28-14)19-8-7-15(29-19)9-11-22-20(25)10-12-23-21(26)16-5-3-4-6-18(16)27-2/h3-8,13H,9-12H2,1-2H3,(H,22,25)(H,23,26). The average molecular weight is 430 g/mol. The summed E-state index contributed by atoms with van der Waals surface area (Å²) in [4.78, 5) is 31.1. The van der Waals surface area contributed by atoms with Gasteiger partial charge in [-0.15, -0.1) is 22.7 Å². The highest BCUT2D eigenvalue weighted by atomic mass is 32.1. The summed E-state index contributed by atoms with van der Waals surface area (Å²) >= 11 is 3.34. The Balaban J connectivity index is 1.37. The number of aromatic nitrogens is 1. The molecule has 0 atom stereocenters. The molecular weight excluding hydrogens is 406 g/mol. The Labute approximate surface area is 178 Å². The van der Waals surface area contributed by atoms with Crippen molar-refractivity contribution in [3.05, 3.63) is 57.2 Å². The number of thiophene rings is 1. The zero-order valence-electron chi connectivity index (χ0n) is 16.4. The Morgan fingerprint density at radius 1 is 1.10 bits per heavy atom. The number of aryl methyl sites for hydroxylation is 1. The molecule has 2 heterocycles. The van der Waals surface area contributed by atoms with Crippen LogP contribution >= 0.6 is 22.7 Å². The minimum Gasteiger partial charge on any atom is -0.496 e. The van der Waals surface area contributed by atoms with Crippen LogP contribution in [0.5, 0.6) is 5.75 Å². The maximum absolute atomic E-state index is 12.2. The molecule has 29 heavy (non-hydrogen) atoms. The molecule has 2 N–H and O–H groups in total. The lowest BCUT2D eigenvalue weighted by atomic mass is 10.2. The van der Waals surface area contributed by atoms with Gasteiger partial charge in [0.25, 0.3) is 5.91 Å². The van der Waals surface area contributed by atoms with E-state index in [9.17, 15) is 9.59 Å². The first kappa shape index (κ1) is 21.0. The van der Waals surface area contributed by atoms with Gasteiger partial charge in [0.1, 0.15) is 5.75 Å². The van der Waals surface area contributed by atoms with E-state index in [0.717, 1.165) is 22.0 Å². The summed E-state index contributed by atoms with van der Waals surface area (Å²) < 4.78 is 5.18. The van der Waals surface area contributed by atoms with Gasteiger partial charge in [0.05, 0.1) is 28.3 Å². The highest BCUT2D eigenvalue weighted by Gasteiger charge is 2.11. The predicted octanol–water partition coefficient (Wildman–Crippen LogP) is 3.67. The molecule has 1 aromatic carbocycles. The highest BCUT2D eigenvalue weighted by Crippen LogP contribution is 2.29. The van der Waals surface area contributed by atoms with Gasteiger partial charge < -0.3 is 15.4 Å². The molecule has 0 saturated heterocycles. The molecule has 0 bridgehead atoms. The minimum atomic E-state index is -0.251. The summed E-state index contributed by atoms with van der Waals surface area (Å²) in [7, 11) is 1.52. The quantitative estimate of drug-likeness (QED) is 0.544. The van der Waals surface area contributed by atoms with E-state index in [1.807, 2.05) is 6.92 Å². The van der Waals surface area contributed by atoms with Crippen LogP contribution in [0.2, 0.25) is 0 Å². The molecule has 0 aliphatic rings. The molecule has 2 aromatic heterocycles. The minimum absolute atomic E-state index is 0.0859. The van der Waals surface area contributed by atoms with E-state index in [1.54, 1.807) is 46.9 Å². The SMILES string of the molecule is COc1ccccc1C(=O)NCCC(=O)NCCc1ccc(-c2csc(C)n2)s1. The van der Waals surface area contributed by atoms with Crippen molar-refractivity contribution in [1.29, 1.82) is 0 Å². The topological polar surface area (TPSA) is 80.3 Å². The van der Waals surface area contributed by atoms with Crippen LogP contribution in [0.1, 0.15) is 26.7 Å². The second kappa shape index (κ2) is 10.2. The number of ether oxygens (including phenoxy) is 1. The molecule has 152 valence electrons. The first-order chi connectivity index (χ1) is 14.1. The molecule has 0 spiro atoms. The van der Waals surface area contributed by atoms with E-state index in [0.29, 0.717) is 17.9 Å². The number of nitrogens with one attached hydrogen (secondary N) is 2. The second-order valence-corrected chi connectivity index (χ2v) is 8.55. The molecule has 0 fully saturated rings. The van der Waals surface area contributed by atoms with Crippen molar-refractivity contribution in [3.8, 4) is 16.3 Å². The van der Waals surface area contributed by atoms with Crippen molar-refractivity contribution >= 4 is 34.5 Å². The van der Waals surface area contributed by atoms with E-state index >= 15 is 0 Å². The second-order valence-electron chi connectivity index (χ2n) is 6.32. The third-order valence-corrected chi connectivity index (χ3v) is 6.16. The number of rotatable bonds is 9. The van der Waals surface area contributed by atoms with Crippen LogP contribution in [0.4, 0.5) is 0 Å². The predicted molar refractivity (Wildman–Crippen MR) is 117 cm³/mol. The van der Waals surface area contributed by atoms with Crippen molar-refractivity contribution in [2.24, 2.45) is 0 Å². The molecule has 0 saturated carbocycles. The third kappa shape index (κ3) is 5.88. The van der Waals surface area contributed by atoms with E-state index < -0.39 is 0 Å². The molecule has 2 amide bonds. The normalized spacial score (nSPS) is 10.6. The van der Waals surface area contributed by atoms with Crippen LogP contribution in [0.3, 0.4) is 0 Å². The smallest absolute Gasteiger partial charge is 0.255 e. The summed E-state index contributed by atoms with van der Waals surface area (Å²) in [5, 5.41) is 8.77. The summed E-state index contributed by atoms with van der Waals surface area (Å²) in [6.07, 6.45) is 1.00. The Kier molecular flexibility index (Phi) is 7.37. The average Bonchev–Trinajstić information content (AvgIpc) is 3.36. The summed E-state index contributed by atoms with van der Waals surface area (Å²) in [6.45, 7) is 2.83. The molecule has 0 aliphatic carbocycles. The lowest BCUT2D eigenvalue weighted by molar-refractivity contribution is -0.120. The fraction of sp³-hybridized carbons (Fsp3) is 0.286. The van der Waals surface area contributed by atoms with Crippen molar-refractivity contribution in [2.45, 2.75) is 19.8 Å². The lowest BCUT2D eigenvalue weighted by Crippen LogP contribution is -2.31. The number of benzene rings is 1. The van der Waals surface area contributed by atoms with E-state index in [-0.39, 0.29) is 24.8 Å². The Hall–Kier alpha value is -2.71. The van der Waals surface area contributed by atoms with Gasteiger partial charge >= 0.3 is 0 Å². The van der Waals surface area contributed by atoms with E-state index in [2.05, 4.69) is 33.1 Å². The van der Waals surface area contributed by atoms with Gasteiger partial charge in [0, 0.05) is 29.8 Å². The Morgan fingerprint density at radius 2 is 1.93 bits per heavy atom. The fourth-order valence-electron chi connectivity index (χ4n) is 2.76. The number of hydrogen-bond donors (Lipinski definition) is 2. The van der Waals surface area contributed by atoms with Gasteiger partial charge in [0.15, 0.2) is 0 Å². The number of thiazole rings is 1. The zero-order valence-corrected chi connectivity index (χ0v) is 18.0. The number of carbonyl (C=O) groups excluding carboxylic acids is 2. The number of amides is 2. The van der Waals surface area contributed by atoms with Crippen LogP contribution < -0.4 is 15.4 Å². The van der Waals surface area contributed by atoms with Crippen LogP contribution in [-0.2, 0) is 11.2 Å². The number of nitrogens with zero attached hydrogens (tertiary/aromatic N) is 1. The lowest BCUT2D eigenvalue weighted by Gasteiger charge is -2.09. The van der Waals surface area contributed by atoms with Gasteiger partial charge in [-0.2, -0.15) is 0 Å². The van der Waals surface area contributed by atoms with Crippen molar-refractivity contribution in [2.75, 3.05) is 20.2 Å². The van der Waals surface area contributed by atoms with Crippen LogP contribution in [0, 0.1) is 6.92 Å². The molecule has 3 aromatic rings. The number of hydrogen-bond acceptors (Lipinski definition) is 6. The molecule has 8 heteroatoms. The molecule has 0 unspecified atom stereocenters. The zero-order chi connectivity index (χ0) is 20.6. The van der Waals surface area contributed by atoms with Gasteiger partial charge in [-0.3, -0.25) is 9.59 Å². The molecule has 0 radical (unpaired) electrons. The van der Waals surface area contributed by atoms with Crippen molar-refractivity contribution in [1.82, 2.24) is 15.6 Å². The first-order valence-electron chi connectivity index (χ1n) is 9.26. The Morgan fingerprint density at radius 3 is 2.69 bits per heavy atom. The van der Waals surface area contributed by atoms with E-state index in [4.69, 9.17) is 4.74 Å². The fourth-order valence-corrected chi connectivity index (χ4v) is 4.41. The van der Waals surface area contributed by atoms with Crippen LogP contribution in [-0.4, -0.2) is 37.0 Å². The highest BCUT2D eigenvalue weighted by molar-refractivity contribution is 7.16. The maximum Gasteiger partial charge on any atom is 0.255 e. The summed E-state index contributed by atoms with van der Waals surface area (Å²) in [5.41, 5.74) is 1.47. The monoisotopic (exact) mass is 429 g/mol.